The standard InChI is InChI=1S/C23H27ClN6O/c1-2-25-23(27-19-13-15-30(16-19)20-6-4-3-5-7-20)26-14-12-21-28-22(29-31-21)17-8-10-18(24)11-9-17/h3-11,19H,2,12-16H2,1H3,(H2,25,26,27). The average molecular weight is 439 g/mol. The molecular weight excluding hydrogens is 412 g/mol. The molecule has 7 nitrogen and oxygen atoms in total. The minimum absolute atomic E-state index is 0.359. The van der Waals surface area contributed by atoms with Crippen LogP contribution in [0, 0.1) is 0 Å². The highest BCUT2D eigenvalue weighted by molar-refractivity contribution is 6.30. The van der Waals surface area contributed by atoms with Crippen LogP contribution in [0.25, 0.3) is 11.4 Å². The van der Waals surface area contributed by atoms with Gasteiger partial charge in [-0.1, -0.05) is 35.0 Å². The van der Waals surface area contributed by atoms with E-state index in [0.29, 0.717) is 35.7 Å². The zero-order chi connectivity index (χ0) is 21.5. The molecule has 162 valence electrons. The van der Waals surface area contributed by atoms with Crippen molar-refractivity contribution >= 4 is 23.2 Å². The minimum atomic E-state index is 0.359. The van der Waals surface area contributed by atoms with Gasteiger partial charge >= 0.3 is 0 Å². The smallest absolute Gasteiger partial charge is 0.228 e. The van der Waals surface area contributed by atoms with Crippen molar-refractivity contribution in [2.75, 3.05) is 31.1 Å². The van der Waals surface area contributed by atoms with E-state index >= 15 is 0 Å². The highest BCUT2D eigenvalue weighted by Gasteiger charge is 2.23. The third-order valence-electron chi connectivity index (χ3n) is 5.16. The van der Waals surface area contributed by atoms with Crippen molar-refractivity contribution in [3.8, 4) is 11.4 Å². The Morgan fingerprint density at radius 1 is 1.19 bits per heavy atom. The van der Waals surface area contributed by atoms with Crippen LogP contribution >= 0.6 is 11.6 Å². The Hall–Kier alpha value is -3.06. The Morgan fingerprint density at radius 2 is 2.00 bits per heavy atom. The average Bonchev–Trinajstić information content (AvgIpc) is 3.45. The first-order valence-electron chi connectivity index (χ1n) is 10.6. The first-order chi connectivity index (χ1) is 15.2. The third kappa shape index (κ3) is 5.76. The molecule has 0 saturated carbocycles. The molecule has 2 aromatic carbocycles. The van der Waals surface area contributed by atoms with E-state index in [1.807, 2.05) is 30.3 Å². The van der Waals surface area contributed by atoms with Crippen molar-refractivity contribution < 1.29 is 4.52 Å². The van der Waals surface area contributed by atoms with Crippen LogP contribution in [-0.2, 0) is 6.42 Å². The van der Waals surface area contributed by atoms with Crippen molar-refractivity contribution in [2.24, 2.45) is 4.99 Å². The van der Waals surface area contributed by atoms with Gasteiger partial charge in [0.25, 0.3) is 0 Å². The number of hydrogen-bond donors (Lipinski definition) is 2. The highest BCUT2D eigenvalue weighted by atomic mass is 35.5. The summed E-state index contributed by atoms with van der Waals surface area (Å²) in [5, 5.41) is 11.6. The van der Waals surface area contributed by atoms with Crippen LogP contribution in [0.2, 0.25) is 5.02 Å². The molecule has 31 heavy (non-hydrogen) atoms. The molecule has 8 heteroatoms. The van der Waals surface area contributed by atoms with Gasteiger partial charge < -0.3 is 20.1 Å². The van der Waals surface area contributed by atoms with Crippen LogP contribution in [0.4, 0.5) is 5.69 Å². The lowest BCUT2D eigenvalue weighted by Gasteiger charge is -2.20. The van der Waals surface area contributed by atoms with Gasteiger partial charge in [0.05, 0.1) is 6.54 Å². The maximum absolute atomic E-state index is 5.93. The van der Waals surface area contributed by atoms with Crippen molar-refractivity contribution in [1.29, 1.82) is 0 Å². The van der Waals surface area contributed by atoms with Gasteiger partial charge in [-0.25, -0.2) is 0 Å². The Kier molecular flexibility index (Phi) is 7.04. The number of para-hydroxylation sites is 1. The summed E-state index contributed by atoms with van der Waals surface area (Å²) in [6.45, 7) is 5.44. The van der Waals surface area contributed by atoms with Crippen molar-refractivity contribution in [3.63, 3.8) is 0 Å². The van der Waals surface area contributed by atoms with E-state index < -0.39 is 0 Å². The summed E-state index contributed by atoms with van der Waals surface area (Å²) in [5.74, 6) is 1.95. The maximum atomic E-state index is 5.93. The Balaban J connectivity index is 1.31. The van der Waals surface area contributed by atoms with Crippen LogP contribution in [0.15, 0.2) is 64.1 Å². The van der Waals surface area contributed by atoms with Crippen molar-refractivity contribution in [1.82, 2.24) is 20.8 Å². The van der Waals surface area contributed by atoms with Gasteiger partial charge in [0.15, 0.2) is 5.96 Å². The predicted molar refractivity (Wildman–Crippen MR) is 125 cm³/mol. The van der Waals surface area contributed by atoms with E-state index in [2.05, 4.69) is 56.9 Å². The second-order valence-corrected chi connectivity index (χ2v) is 7.88. The Labute approximate surface area is 187 Å². The largest absolute Gasteiger partial charge is 0.369 e. The van der Waals surface area contributed by atoms with Crippen molar-refractivity contribution in [2.45, 2.75) is 25.8 Å². The van der Waals surface area contributed by atoms with Crippen LogP contribution in [-0.4, -0.2) is 48.3 Å². The number of guanidine groups is 1. The molecular formula is C23H27ClN6O. The molecule has 3 aromatic rings. The molecule has 0 radical (unpaired) electrons. The van der Waals surface area contributed by atoms with E-state index in [9.17, 15) is 0 Å². The van der Waals surface area contributed by atoms with Gasteiger partial charge in [-0.2, -0.15) is 4.98 Å². The van der Waals surface area contributed by atoms with E-state index in [1.54, 1.807) is 0 Å². The number of aliphatic imine (C=N–C) groups is 1. The number of aromatic nitrogens is 2. The molecule has 1 aliphatic rings. The van der Waals surface area contributed by atoms with E-state index in [-0.39, 0.29) is 0 Å². The molecule has 0 amide bonds. The fraction of sp³-hybridized carbons (Fsp3) is 0.348. The van der Waals surface area contributed by atoms with Crippen LogP contribution < -0.4 is 15.5 Å². The summed E-state index contributed by atoms with van der Waals surface area (Å²) in [4.78, 5) is 11.6. The van der Waals surface area contributed by atoms with Gasteiger partial charge in [0.2, 0.25) is 11.7 Å². The maximum Gasteiger partial charge on any atom is 0.228 e. The molecule has 2 N–H and O–H groups in total. The summed E-state index contributed by atoms with van der Waals surface area (Å²) < 4.78 is 5.38. The SMILES string of the molecule is CCNC(=NCCc1nc(-c2ccc(Cl)cc2)no1)NC1CCN(c2ccccc2)C1. The number of hydrogen-bond acceptors (Lipinski definition) is 5. The fourth-order valence-corrected chi connectivity index (χ4v) is 3.73. The van der Waals surface area contributed by atoms with Gasteiger partial charge in [0.1, 0.15) is 0 Å². The summed E-state index contributed by atoms with van der Waals surface area (Å²) in [6, 6.07) is 18.3. The van der Waals surface area contributed by atoms with E-state index in [0.717, 1.165) is 37.6 Å². The third-order valence-corrected chi connectivity index (χ3v) is 5.41. The van der Waals surface area contributed by atoms with E-state index in [4.69, 9.17) is 21.1 Å². The second kappa shape index (κ2) is 10.3. The number of rotatable bonds is 7. The Morgan fingerprint density at radius 3 is 2.77 bits per heavy atom. The Bertz CT molecular complexity index is 989. The lowest BCUT2D eigenvalue weighted by Crippen LogP contribution is -2.44. The minimum Gasteiger partial charge on any atom is -0.369 e. The molecule has 1 fully saturated rings. The fourth-order valence-electron chi connectivity index (χ4n) is 3.60. The first-order valence-corrected chi connectivity index (χ1v) is 11.0. The topological polar surface area (TPSA) is 78.6 Å². The molecule has 0 aliphatic carbocycles. The molecule has 4 rings (SSSR count). The quantitative estimate of drug-likeness (QED) is 0.432. The number of anilines is 1. The van der Waals surface area contributed by atoms with Gasteiger partial charge in [0, 0.05) is 48.4 Å². The van der Waals surface area contributed by atoms with Gasteiger partial charge in [-0.15, -0.1) is 0 Å². The summed E-state index contributed by atoms with van der Waals surface area (Å²) in [5.41, 5.74) is 2.14. The van der Waals surface area contributed by atoms with Crippen LogP contribution in [0.3, 0.4) is 0 Å². The molecule has 1 aromatic heterocycles. The monoisotopic (exact) mass is 438 g/mol. The zero-order valence-electron chi connectivity index (χ0n) is 17.6. The second-order valence-electron chi connectivity index (χ2n) is 7.44. The molecule has 2 heterocycles. The lowest BCUT2D eigenvalue weighted by atomic mass is 10.2. The molecule has 1 unspecified atom stereocenters. The summed E-state index contributed by atoms with van der Waals surface area (Å²) in [7, 11) is 0. The summed E-state index contributed by atoms with van der Waals surface area (Å²) in [6.07, 6.45) is 1.66. The van der Waals surface area contributed by atoms with Crippen LogP contribution in [0.1, 0.15) is 19.2 Å². The normalized spacial score (nSPS) is 16.5. The van der Waals surface area contributed by atoms with Gasteiger partial charge in [-0.3, -0.25) is 4.99 Å². The molecule has 0 spiro atoms. The molecule has 0 bridgehead atoms. The number of nitrogens with one attached hydrogen (secondary N) is 2. The zero-order valence-corrected chi connectivity index (χ0v) is 18.3. The first kappa shape index (κ1) is 21.2. The van der Waals surface area contributed by atoms with Crippen molar-refractivity contribution in [3.05, 3.63) is 65.5 Å². The number of benzene rings is 2. The van der Waals surface area contributed by atoms with Gasteiger partial charge in [-0.05, 0) is 49.7 Å². The predicted octanol–water partition coefficient (Wildman–Crippen LogP) is 3.77. The number of halogens is 1. The number of nitrogens with zero attached hydrogens (tertiary/aromatic N) is 4. The lowest BCUT2D eigenvalue weighted by molar-refractivity contribution is 0.380. The summed E-state index contributed by atoms with van der Waals surface area (Å²) >= 11 is 5.93. The molecule has 1 atom stereocenters. The highest BCUT2D eigenvalue weighted by Crippen LogP contribution is 2.20. The molecule has 1 saturated heterocycles. The van der Waals surface area contributed by atoms with E-state index in [1.165, 1.54) is 5.69 Å². The van der Waals surface area contributed by atoms with Crippen LogP contribution in [0.5, 0.6) is 0 Å². The molecule has 1 aliphatic heterocycles.